The van der Waals surface area contributed by atoms with Crippen LogP contribution in [-0.4, -0.2) is 30.3 Å². The molecular formula is C20H25N3O3S2. The van der Waals surface area contributed by atoms with Crippen LogP contribution in [0.1, 0.15) is 38.5 Å². The van der Waals surface area contributed by atoms with Gasteiger partial charge in [0.2, 0.25) is 5.91 Å². The quantitative estimate of drug-likeness (QED) is 0.667. The molecule has 0 spiro atoms. The number of nitrogens with one attached hydrogen (secondary N) is 2. The molecule has 0 saturated heterocycles. The number of carbonyl (C=O) groups is 1. The fourth-order valence-corrected chi connectivity index (χ4v) is 5.42. The third kappa shape index (κ3) is 6.24. The Labute approximate surface area is 170 Å². The van der Waals surface area contributed by atoms with Crippen LogP contribution in [-0.2, 0) is 14.8 Å². The second-order valence-electron chi connectivity index (χ2n) is 6.77. The topological polar surface area (TPSA) is 88.2 Å². The summed E-state index contributed by atoms with van der Waals surface area (Å²) in [7, 11) is -3.71. The molecule has 0 radical (unpaired) electrons. The van der Waals surface area contributed by atoms with Crippen molar-refractivity contribution in [3.8, 4) is 0 Å². The number of aromatic nitrogens is 1. The van der Waals surface area contributed by atoms with Crippen molar-refractivity contribution in [2.75, 3.05) is 15.8 Å². The Morgan fingerprint density at radius 3 is 2.50 bits per heavy atom. The Morgan fingerprint density at radius 1 is 1.07 bits per heavy atom. The average molecular weight is 420 g/mol. The van der Waals surface area contributed by atoms with E-state index in [-0.39, 0.29) is 16.6 Å². The Morgan fingerprint density at radius 2 is 1.82 bits per heavy atom. The highest BCUT2D eigenvalue weighted by atomic mass is 32.2. The van der Waals surface area contributed by atoms with Gasteiger partial charge in [-0.1, -0.05) is 25.3 Å². The number of pyridine rings is 1. The van der Waals surface area contributed by atoms with Gasteiger partial charge in [0, 0.05) is 29.3 Å². The molecule has 1 aliphatic carbocycles. The molecule has 1 aromatic carbocycles. The first-order valence-electron chi connectivity index (χ1n) is 9.48. The zero-order valence-corrected chi connectivity index (χ0v) is 17.3. The van der Waals surface area contributed by atoms with Crippen molar-refractivity contribution in [1.82, 2.24) is 4.98 Å². The van der Waals surface area contributed by atoms with E-state index in [1.54, 1.807) is 30.3 Å². The molecule has 8 heteroatoms. The van der Waals surface area contributed by atoms with Gasteiger partial charge in [0.15, 0.2) is 0 Å². The van der Waals surface area contributed by atoms with E-state index in [0.29, 0.717) is 17.4 Å². The van der Waals surface area contributed by atoms with E-state index >= 15 is 0 Å². The lowest BCUT2D eigenvalue weighted by atomic mass is 10.0. The van der Waals surface area contributed by atoms with E-state index in [1.165, 1.54) is 50.4 Å². The Kier molecular flexibility index (Phi) is 7.33. The molecule has 150 valence electrons. The summed E-state index contributed by atoms with van der Waals surface area (Å²) in [5, 5.41) is 3.52. The van der Waals surface area contributed by atoms with E-state index in [0.717, 1.165) is 5.75 Å². The minimum Gasteiger partial charge on any atom is -0.326 e. The van der Waals surface area contributed by atoms with Crippen LogP contribution in [0, 0.1) is 0 Å². The van der Waals surface area contributed by atoms with E-state index in [9.17, 15) is 13.2 Å². The average Bonchev–Trinajstić information content (AvgIpc) is 2.70. The van der Waals surface area contributed by atoms with Gasteiger partial charge in [-0.25, -0.2) is 13.4 Å². The van der Waals surface area contributed by atoms with Gasteiger partial charge in [-0.15, -0.1) is 0 Å². The van der Waals surface area contributed by atoms with Crippen molar-refractivity contribution < 1.29 is 13.2 Å². The molecule has 2 aromatic rings. The standard InChI is InChI=1S/C20H25N3O3S2/c24-20(13-15-27-17-6-2-1-3-7-17)22-16-9-11-18(12-10-16)28(25,26)23-19-8-4-5-14-21-19/h4-5,8-12,14,17H,1-3,6-7,13,15H2,(H,21,23)(H,22,24). The molecule has 28 heavy (non-hydrogen) atoms. The third-order valence-electron chi connectivity index (χ3n) is 4.59. The van der Waals surface area contributed by atoms with Gasteiger partial charge in [-0.2, -0.15) is 11.8 Å². The van der Waals surface area contributed by atoms with Crippen molar-refractivity contribution in [3.05, 3.63) is 48.7 Å². The summed E-state index contributed by atoms with van der Waals surface area (Å²) in [6, 6.07) is 11.1. The number of benzene rings is 1. The Bertz CT molecular complexity index is 865. The maximum atomic E-state index is 12.4. The number of hydrogen-bond acceptors (Lipinski definition) is 5. The minimum atomic E-state index is -3.71. The lowest BCUT2D eigenvalue weighted by Crippen LogP contribution is -2.15. The second-order valence-corrected chi connectivity index (χ2v) is 9.86. The summed E-state index contributed by atoms with van der Waals surface area (Å²) in [5.41, 5.74) is 0.587. The van der Waals surface area contributed by atoms with Gasteiger partial charge < -0.3 is 5.32 Å². The van der Waals surface area contributed by atoms with Gasteiger partial charge in [0.1, 0.15) is 5.82 Å². The van der Waals surface area contributed by atoms with Gasteiger partial charge in [-0.05, 0) is 49.2 Å². The van der Waals surface area contributed by atoms with E-state index in [4.69, 9.17) is 0 Å². The molecule has 0 aliphatic heterocycles. The van der Waals surface area contributed by atoms with Crippen molar-refractivity contribution in [3.63, 3.8) is 0 Å². The lowest BCUT2D eigenvalue weighted by Gasteiger charge is -2.20. The van der Waals surface area contributed by atoms with Crippen molar-refractivity contribution in [2.45, 2.75) is 48.7 Å². The first kappa shape index (κ1) is 20.7. The molecule has 1 aliphatic rings. The van der Waals surface area contributed by atoms with Crippen LogP contribution >= 0.6 is 11.8 Å². The number of sulfonamides is 1. The van der Waals surface area contributed by atoms with E-state index in [2.05, 4.69) is 15.0 Å². The maximum absolute atomic E-state index is 12.4. The van der Waals surface area contributed by atoms with Gasteiger partial charge in [0.05, 0.1) is 4.90 Å². The molecule has 1 fully saturated rings. The highest BCUT2D eigenvalue weighted by molar-refractivity contribution is 7.99. The Balaban J connectivity index is 1.48. The summed E-state index contributed by atoms with van der Waals surface area (Å²) >= 11 is 1.89. The first-order chi connectivity index (χ1) is 13.5. The zero-order chi connectivity index (χ0) is 19.8. The number of hydrogen-bond donors (Lipinski definition) is 2. The lowest BCUT2D eigenvalue weighted by molar-refractivity contribution is -0.115. The van der Waals surface area contributed by atoms with E-state index in [1.807, 2.05) is 11.8 Å². The number of carbonyl (C=O) groups excluding carboxylic acids is 1. The molecule has 6 nitrogen and oxygen atoms in total. The van der Waals surface area contributed by atoms with Crippen LogP contribution in [0.25, 0.3) is 0 Å². The summed E-state index contributed by atoms with van der Waals surface area (Å²) in [5.74, 6) is 1.03. The summed E-state index contributed by atoms with van der Waals surface area (Å²) in [6.45, 7) is 0. The fraction of sp³-hybridized carbons (Fsp3) is 0.400. The van der Waals surface area contributed by atoms with Crippen molar-refractivity contribution >= 4 is 39.2 Å². The molecule has 0 atom stereocenters. The normalized spacial score (nSPS) is 15.1. The Hall–Kier alpha value is -2.06. The van der Waals surface area contributed by atoms with Gasteiger partial charge in [-0.3, -0.25) is 9.52 Å². The fourth-order valence-electron chi connectivity index (χ4n) is 3.11. The zero-order valence-electron chi connectivity index (χ0n) is 15.6. The SMILES string of the molecule is O=C(CCSC1CCCCC1)Nc1ccc(S(=O)(=O)Nc2ccccn2)cc1. The number of thioether (sulfide) groups is 1. The summed E-state index contributed by atoms with van der Waals surface area (Å²) in [6.07, 6.45) is 8.43. The summed E-state index contributed by atoms with van der Waals surface area (Å²) < 4.78 is 27.2. The van der Waals surface area contributed by atoms with Crippen LogP contribution in [0.3, 0.4) is 0 Å². The smallest absolute Gasteiger partial charge is 0.263 e. The molecule has 0 unspecified atom stereocenters. The first-order valence-corrected chi connectivity index (χ1v) is 12.0. The second kappa shape index (κ2) is 9.93. The van der Waals surface area contributed by atoms with Gasteiger partial charge in [0.25, 0.3) is 10.0 Å². The molecule has 0 bridgehead atoms. The number of amides is 1. The van der Waals surface area contributed by atoms with Crippen LogP contribution in [0.2, 0.25) is 0 Å². The largest absolute Gasteiger partial charge is 0.326 e. The van der Waals surface area contributed by atoms with Crippen LogP contribution in [0.15, 0.2) is 53.6 Å². The highest BCUT2D eigenvalue weighted by Gasteiger charge is 2.16. The molecule has 1 heterocycles. The van der Waals surface area contributed by atoms with Crippen LogP contribution < -0.4 is 10.0 Å². The molecule has 2 N–H and O–H groups in total. The molecule has 1 saturated carbocycles. The molecule has 1 aromatic heterocycles. The van der Waals surface area contributed by atoms with Crippen molar-refractivity contribution in [1.29, 1.82) is 0 Å². The third-order valence-corrected chi connectivity index (χ3v) is 7.34. The van der Waals surface area contributed by atoms with Crippen LogP contribution in [0.5, 0.6) is 0 Å². The molecular weight excluding hydrogens is 394 g/mol. The van der Waals surface area contributed by atoms with Crippen LogP contribution in [0.4, 0.5) is 11.5 Å². The monoisotopic (exact) mass is 419 g/mol. The maximum Gasteiger partial charge on any atom is 0.263 e. The minimum absolute atomic E-state index is 0.0504. The predicted octanol–water partition coefficient (Wildman–Crippen LogP) is 4.28. The summed E-state index contributed by atoms with van der Waals surface area (Å²) in [4.78, 5) is 16.2. The van der Waals surface area contributed by atoms with Crippen molar-refractivity contribution in [2.24, 2.45) is 0 Å². The number of anilines is 2. The number of rotatable bonds is 8. The molecule has 3 rings (SSSR count). The number of nitrogens with zero attached hydrogens (tertiary/aromatic N) is 1. The highest BCUT2D eigenvalue weighted by Crippen LogP contribution is 2.28. The van der Waals surface area contributed by atoms with Gasteiger partial charge >= 0.3 is 0 Å². The predicted molar refractivity (Wildman–Crippen MR) is 114 cm³/mol. The van der Waals surface area contributed by atoms with E-state index < -0.39 is 10.0 Å². The molecule has 1 amide bonds.